The molecule has 0 atom stereocenters. The Balaban J connectivity index is 2.46. The molecule has 0 radical (unpaired) electrons. The molecule has 11 heteroatoms. The maximum atomic E-state index is 12.2. The van der Waals surface area contributed by atoms with Gasteiger partial charge in [-0.05, 0) is 24.6 Å². The molecule has 0 fully saturated rings. The van der Waals surface area contributed by atoms with Crippen molar-refractivity contribution in [1.82, 2.24) is 13.3 Å². The van der Waals surface area contributed by atoms with Crippen LogP contribution >= 0.6 is 0 Å². The second-order valence-electron chi connectivity index (χ2n) is 5.73. The number of anilines is 1. The predicted octanol–water partition coefficient (Wildman–Crippen LogP) is 1.33. The van der Waals surface area contributed by atoms with E-state index in [9.17, 15) is 16.8 Å². The number of rotatable bonds is 8. The van der Waals surface area contributed by atoms with Crippen LogP contribution in [-0.4, -0.2) is 57.1 Å². The van der Waals surface area contributed by atoms with Crippen LogP contribution < -0.4 is 4.72 Å². The molecular formula is C16H22N4O5S2. The van der Waals surface area contributed by atoms with Crippen molar-refractivity contribution in [2.24, 2.45) is 0 Å². The van der Waals surface area contributed by atoms with E-state index >= 15 is 0 Å². The van der Waals surface area contributed by atoms with E-state index in [2.05, 4.69) is 9.71 Å². The number of aromatic nitrogens is 2. The first-order chi connectivity index (χ1) is 12.6. The zero-order valence-electron chi connectivity index (χ0n) is 15.4. The third-order valence-corrected chi connectivity index (χ3v) is 6.59. The Morgan fingerprint density at radius 3 is 2.59 bits per heavy atom. The van der Waals surface area contributed by atoms with Gasteiger partial charge in [0.2, 0.25) is 10.0 Å². The van der Waals surface area contributed by atoms with Gasteiger partial charge in [-0.2, -0.15) is 12.7 Å². The van der Waals surface area contributed by atoms with Crippen molar-refractivity contribution in [3.8, 4) is 0 Å². The van der Waals surface area contributed by atoms with E-state index in [4.69, 9.17) is 4.74 Å². The fraction of sp³-hybridized carbons (Fsp3) is 0.312. The Labute approximate surface area is 159 Å². The lowest BCUT2D eigenvalue weighted by atomic mass is 10.0. The second-order valence-corrected chi connectivity index (χ2v) is 9.79. The monoisotopic (exact) mass is 414 g/mol. The highest BCUT2D eigenvalue weighted by molar-refractivity contribution is 7.92. The van der Waals surface area contributed by atoms with Crippen LogP contribution in [0.3, 0.4) is 0 Å². The number of nitrogens with one attached hydrogen (secondary N) is 1. The molecule has 0 amide bonds. The number of ether oxygens (including phenoxy) is 1. The molecule has 1 heterocycles. The molecular weight excluding hydrogens is 392 g/mol. The van der Waals surface area contributed by atoms with Crippen molar-refractivity contribution >= 4 is 31.5 Å². The Bertz CT molecular complexity index is 1040. The number of sulfonamides is 1. The first-order valence-corrected chi connectivity index (χ1v) is 11.0. The molecule has 0 aliphatic carbocycles. The van der Waals surface area contributed by atoms with Crippen molar-refractivity contribution in [2.45, 2.75) is 6.92 Å². The summed E-state index contributed by atoms with van der Waals surface area (Å²) in [5, 5.41) is 0. The first kappa shape index (κ1) is 20.9. The van der Waals surface area contributed by atoms with Gasteiger partial charge in [0.25, 0.3) is 0 Å². The summed E-state index contributed by atoms with van der Waals surface area (Å²) in [6.45, 7) is 1.54. The minimum Gasteiger partial charge on any atom is -0.504 e. The van der Waals surface area contributed by atoms with Crippen molar-refractivity contribution in [2.75, 3.05) is 31.7 Å². The summed E-state index contributed by atoms with van der Waals surface area (Å²) in [5.41, 5.74) is 1.86. The zero-order chi connectivity index (χ0) is 20.2. The molecule has 0 saturated carbocycles. The number of benzene rings is 1. The van der Waals surface area contributed by atoms with Gasteiger partial charge in [0.1, 0.15) is 6.33 Å². The Hall–Kier alpha value is -2.37. The fourth-order valence-corrected chi connectivity index (χ4v) is 3.56. The van der Waals surface area contributed by atoms with E-state index in [0.717, 1.165) is 8.28 Å². The molecule has 0 unspecified atom stereocenters. The molecule has 1 aromatic carbocycles. The summed E-state index contributed by atoms with van der Waals surface area (Å²) in [5.74, 6) is -0.0508. The van der Waals surface area contributed by atoms with E-state index in [-0.39, 0.29) is 5.75 Å². The average molecular weight is 415 g/mol. The number of imidazole rings is 1. The van der Waals surface area contributed by atoms with Gasteiger partial charge in [-0.1, -0.05) is 12.1 Å². The highest BCUT2D eigenvalue weighted by atomic mass is 32.2. The van der Waals surface area contributed by atoms with E-state index in [1.807, 2.05) is 0 Å². The lowest BCUT2D eigenvalue weighted by molar-refractivity contribution is 0.340. The molecule has 148 valence electrons. The van der Waals surface area contributed by atoms with E-state index in [0.29, 0.717) is 22.5 Å². The molecule has 0 aliphatic heterocycles. The van der Waals surface area contributed by atoms with Crippen molar-refractivity contribution < 1.29 is 21.6 Å². The zero-order valence-corrected chi connectivity index (χ0v) is 17.1. The number of hydrogen-bond donors (Lipinski definition) is 1. The highest BCUT2D eigenvalue weighted by Crippen LogP contribution is 2.25. The molecule has 0 saturated heterocycles. The standard InChI is InChI=1S/C16H22N4O5S2/c1-5-26(21,22)18-14-8-6-7-13(9-14)15(11-25-4)16-10-20(12-17-16)27(23,24)19(2)3/h6-12,18H,5H2,1-4H3. The van der Waals surface area contributed by atoms with Gasteiger partial charge < -0.3 is 4.74 Å². The largest absolute Gasteiger partial charge is 0.504 e. The molecule has 0 spiro atoms. The molecule has 1 aromatic heterocycles. The van der Waals surface area contributed by atoms with Crippen LogP contribution in [0.4, 0.5) is 5.69 Å². The summed E-state index contributed by atoms with van der Waals surface area (Å²) in [6, 6.07) is 6.67. The van der Waals surface area contributed by atoms with Crippen LogP contribution in [0.15, 0.2) is 43.1 Å². The van der Waals surface area contributed by atoms with Gasteiger partial charge in [0, 0.05) is 31.6 Å². The fourth-order valence-electron chi connectivity index (χ4n) is 2.16. The van der Waals surface area contributed by atoms with E-state index < -0.39 is 20.2 Å². The molecule has 1 N–H and O–H groups in total. The summed E-state index contributed by atoms with van der Waals surface area (Å²) in [4.78, 5) is 4.15. The average Bonchev–Trinajstić information content (AvgIpc) is 3.10. The molecule has 27 heavy (non-hydrogen) atoms. The predicted molar refractivity (Wildman–Crippen MR) is 104 cm³/mol. The third kappa shape index (κ3) is 4.87. The Kier molecular flexibility index (Phi) is 6.29. The molecule has 2 aromatic rings. The van der Waals surface area contributed by atoms with Gasteiger partial charge in [-0.25, -0.2) is 17.4 Å². The highest BCUT2D eigenvalue weighted by Gasteiger charge is 2.19. The van der Waals surface area contributed by atoms with Crippen LogP contribution in [0.1, 0.15) is 18.2 Å². The minimum atomic E-state index is -3.69. The lowest BCUT2D eigenvalue weighted by Crippen LogP contribution is -2.27. The van der Waals surface area contributed by atoms with Crippen molar-refractivity contribution in [3.63, 3.8) is 0 Å². The van der Waals surface area contributed by atoms with Crippen LogP contribution in [0.2, 0.25) is 0 Å². The summed E-state index contributed by atoms with van der Waals surface area (Å²) in [6.07, 6.45) is 3.98. The van der Waals surface area contributed by atoms with Gasteiger partial charge in [0.05, 0.1) is 24.8 Å². The van der Waals surface area contributed by atoms with Gasteiger partial charge in [0.15, 0.2) is 0 Å². The van der Waals surface area contributed by atoms with Crippen LogP contribution in [0, 0.1) is 0 Å². The minimum absolute atomic E-state index is 0.0508. The Morgan fingerprint density at radius 2 is 2.00 bits per heavy atom. The summed E-state index contributed by atoms with van der Waals surface area (Å²) in [7, 11) is -2.82. The lowest BCUT2D eigenvalue weighted by Gasteiger charge is -2.11. The number of nitrogens with zero attached hydrogens (tertiary/aromatic N) is 3. The molecule has 0 bridgehead atoms. The summed E-state index contributed by atoms with van der Waals surface area (Å²) < 4.78 is 57.7. The SMILES string of the molecule is CCS(=O)(=O)Nc1cccc(C(=COC)c2cn(S(=O)(=O)N(C)C)cn2)c1. The van der Waals surface area contributed by atoms with Gasteiger partial charge in [-0.15, -0.1) is 0 Å². The van der Waals surface area contributed by atoms with E-state index in [1.165, 1.54) is 40.0 Å². The number of hydrogen-bond acceptors (Lipinski definition) is 6. The second kappa shape index (κ2) is 8.11. The topological polar surface area (TPSA) is 111 Å². The number of methoxy groups -OCH3 is 1. The smallest absolute Gasteiger partial charge is 0.308 e. The molecule has 9 nitrogen and oxygen atoms in total. The normalized spacial score (nSPS) is 13.0. The van der Waals surface area contributed by atoms with Crippen molar-refractivity contribution in [1.29, 1.82) is 0 Å². The quantitative estimate of drug-likeness (QED) is 0.653. The van der Waals surface area contributed by atoms with Gasteiger partial charge in [-0.3, -0.25) is 4.72 Å². The van der Waals surface area contributed by atoms with Crippen molar-refractivity contribution in [3.05, 3.63) is 54.3 Å². The van der Waals surface area contributed by atoms with Crippen LogP contribution in [0.25, 0.3) is 5.57 Å². The molecule has 0 aliphatic rings. The van der Waals surface area contributed by atoms with Crippen LogP contribution in [-0.2, 0) is 25.0 Å². The third-order valence-electron chi connectivity index (χ3n) is 3.63. The van der Waals surface area contributed by atoms with Crippen LogP contribution in [0.5, 0.6) is 0 Å². The van der Waals surface area contributed by atoms with E-state index in [1.54, 1.807) is 31.2 Å². The maximum Gasteiger partial charge on any atom is 0.308 e. The Morgan fingerprint density at radius 1 is 1.30 bits per heavy atom. The van der Waals surface area contributed by atoms with Gasteiger partial charge >= 0.3 is 10.2 Å². The summed E-state index contributed by atoms with van der Waals surface area (Å²) >= 11 is 0. The molecule has 2 rings (SSSR count). The first-order valence-electron chi connectivity index (χ1n) is 7.92. The maximum absolute atomic E-state index is 12.2.